The average Bonchev–Trinajstić information content (AvgIpc) is 3.19. The topological polar surface area (TPSA) is 117 Å². The summed E-state index contributed by atoms with van der Waals surface area (Å²) in [7, 11) is 0. The highest BCUT2D eigenvalue weighted by Gasteiger charge is 2.45. The van der Waals surface area contributed by atoms with E-state index in [1.807, 2.05) is 6.07 Å². The van der Waals surface area contributed by atoms with E-state index >= 15 is 0 Å². The first-order valence-corrected chi connectivity index (χ1v) is 8.49. The quantitative estimate of drug-likeness (QED) is 0.860. The Kier molecular flexibility index (Phi) is 4.26. The Morgan fingerprint density at radius 3 is 2.88 bits per heavy atom. The van der Waals surface area contributed by atoms with Crippen LogP contribution in [0.3, 0.4) is 0 Å². The van der Waals surface area contributed by atoms with Crippen LogP contribution in [0.4, 0.5) is 5.82 Å². The molecular weight excluding hydrogens is 336 g/mol. The molecule has 1 atom stereocenters. The fourth-order valence-corrected chi connectivity index (χ4v) is 3.38. The lowest BCUT2D eigenvalue weighted by Gasteiger charge is -2.51. The van der Waals surface area contributed by atoms with Crippen molar-refractivity contribution >= 4 is 11.7 Å². The van der Waals surface area contributed by atoms with Crippen LogP contribution in [0.1, 0.15) is 35.4 Å². The number of anilines is 1. The molecule has 2 aromatic heterocycles. The van der Waals surface area contributed by atoms with E-state index < -0.39 is 0 Å². The molecule has 4 rings (SSSR count). The third kappa shape index (κ3) is 3.23. The van der Waals surface area contributed by atoms with Gasteiger partial charge in [-0.2, -0.15) is 5.26 Å². The molecule has 1 amide bonds. The van der Waals surface area contributed by atoms with Gasteiger partial charge in [0.25, 0.3) is 5.91 Å². The van der Waals surface area contributed by atoms with Gasteiger partial charge >= 0.3 is 0 Å². The smallest absolute Gasteiger partial charge is 0.273 e. The second kappa shape index (κ2) is 6.72. The molecule has 9 nitrogen and oxygen atoms in total. The standard InChI is InChI=1S/C17H18N6O3/c18-4-12-5-20-15(7-19-12)23-8-13(26-17(10-23)2-1-3-17)6-21-16(24)14-9-25-11-22-14/h5,7,9,11,13H,1-3,6,8,10H2,(H,21,24). The van der Waals surface area contributed by atoms with Gasteiger partial charge in [-0.05, 0) is 19.3 Å². The summed E-state index contributed by atoms with van der Waals surface area (Å²) in [6, 6.07) is 1.97. The van der Waals surface area contributed by atoms with E-state index in [9.17, 15) is 4.79 Å². The summed E-state index contributed by atoms with van der Waals surface area (Å²) < 4.78 is 11.1. The van der Waals surface area contributed by atoms with E-state index in [1.54, 1.807) is 6.20 Å². The lowest BCUT2D eigenvalue weighted by Crippen LogP contribution is -2.61. The van der Waals surface area contributed by atoms with Crippen LogP contribution in [-0.2, 0) is 4.74 Å². The minimum absolute atomic E-state index is 0.169. The van der Waals surface area contributed by atoms with Gasteiger partial charge in [0.05, 0.1) is 24.1 Å². The number of nitrogens with one attached hydrogen (secondary N) is 1. The molecule has 1 unspecified atom stereocenters. The van der Waals surface area contributed by atoms with Crippen LogP contribution in [0.25, 0.3) is 0 Å². The van der Waals surface area contributed by atoms with Crippen LogP contribution in [0.2, 0.25) is 0 Å². The van der Waals surface area contributed by atoms with E-state index in [0.717, 1.165) is 25.8 Å². The van der Waals surface area contributed by atoms with Gasteiger partial charge in [-0.25, -0.2) is 15.0 Å². The Morgan fingerprint density at radius 2 is 2.27 bits per heavy atom. The van der Waals surface area contributed by atoms with E-state index in [-0.39, 0.29) is 29.0 Å². The Balaban J connectivity index is 1.44. The zero-order chi connectivity index (χ0) is 18.0. The zero-order valence-corrected chi connectivity index (χ0v) is 14.1. The summed E-state index contributed by atoms with van der Waals surface area (Å²) in [4.78, 5) is 26.5. The third-order valence-corrected chi connectivity index (χ3v) is 4.82. The molecule has 3 heterocycles. The molecule has 2 fully saturated rings. The molecule has 26 heavy (non-hydrogen) atoms. The van der Waals surface area contributed by atoms with E-state index in [0.29, 0.717) is 18.9 Å². The number of nitriles is 1. The van der Waals surface area contributed by atoms with Crippen LogP contribution in [-0.4, -0.2) is 52.2 Å². The highest BCUT2D eigenvalue weighted by atomic mass is 16.5. The molecule has 0 radical (unpaired) electrons. The molecule has 0 bridgehead atoms. The average molecular weight is 354 g/mol. The minimum Gasteiger partial charge on any atom is -0.451 e. The lowest BCUT2D eigenvalue weighted by molar-refractivity contribution is -0.146. The predicted octanol–water partition coefficient (Wildman–Crippen LogP) is 0.894. The monoisotopic (exact) mass is 354 g/mol. The molecule has 9 heteroatoms. The summed E-state index contributed by atoms with van der Waals surface area (Å²) in [6.45, 7) is 1.69. The first kappa shape index (κ1) is 16.5. The number of carbonyl (C=O) groups is 1. The molecule has 1 saturated heterocycles. The maximum absolute atomic E-state index is 12.1. The number of morpholine rings is 1. The van der Waals surface area contributed by atoms with E-state index in [4.69, 9.17) is 14.4 Å². The summed E-state index contributed by atoms with van der Waals surface area (Å²) in [6.07, 6.45) is 8.55. The zero-order valence-electron chi connectivity index (χ0n) is 14.1. The number of hydrogen-bond donors (Lipinski definition) is 1. The summed E-state index contributed by atoms with van der Waals surface area (Å²) in [5.41, 5.74) is 0.336. The van der Waals surface area contributed by atoms with Gasteiger partial charge in [-0.15, -0.1) is 0 Å². The lowest BCUT2D eigenvalue weighted by atomic mass is 9.78. The Hall–Kier alpha value is -2.99. The molecule has 0 aromatic carbocycles. The van der Waals surface area contributed by atoms with Crippen LogP contribution < -0.4 is 10.2 Å². The van der Waals surface area contributed by atoms with Gasteiger partial charge in [-0.3, -0.25) is 4.79 Å². The fourth-order valence-electron chi connectivity index (χ4n) is 3.38. The number of nitrogens with zero attached hydrogens (tertiary/aromatic N) is 5. The number of oxazole rings is 1. The third-order valence-electron chi connectivity index (χ3n) is 4.82. The van der Waals surface area contributed by atoms with Crippen molar-refractivity contribution in [1.82, 2.24) is 20.3 Å². The fraction of sp³-hybridized carbons (Fsp3) is 0.471. The SMILES string of the molecule is N#Cc1cnc(N2CC(CNC(=O)c3cocn3)OC3(CCC3)C2)cn1. The van der Waals surface area contributed by atoms with Gasteiger partial charge in [0.1, 0.15) is 18.2 Å². The largest absolute Gasteiger partial charge is 0.451 e. The van der Waals surface area contributed by atoms with Gasteiger partial charge in [0.2, 0.25) is 0 Å². The highest BCUT2D eigenvalue weighted by Crippen LogP contribution is 2.40. The van der Waals surface area contributed by atoms with Crippen LogP contribution in [0.15, 0.2) is 29.5 Å². The second-order valence-corrected chi connectivity index (χ2v) is 6.61. The molecule has 1 saturated carbocycles. The predicted molar refractivity (Wildman–Crippen MR) is 89.3 cm³/mol. The normalized spacial score (nSPS) is 21.0. The van der Waals surface area contributed by atoms with Crippen molar-refractivity contribution in [1.29, 1.82) is 5.26 Å². The van der Waals surface area contributed by atoms with Gasteiger partial charge in [0, 0.05) is 19.6 Å². The number of ether oxygens (including phenoxy) is 1. The minimum atomic E-state index is -0.291. The summed E-state index contributed by atoms with van der Waals surface area (Å²) in [5, 5.41) is 11.7. The Bertz CT molecular complexity index is 810. The first-order chi connectivity index (χ1) is 12.7. The maximum atomic E-state index is 12.1. The van der Waals surface area contributed by atoms with Crippen molar-refractivity contribution < 1.29 is 13.9 Å². The molecule has 2 aromatic rings. The van der Waals surface area contributed by atoms with Gasteiger partial charge in [-0.1, -0.05) is 0 Å². The molecule has 1 N–H and O–H groups in total. The number of amides is 1. The highest BCUT2D eigenvalue weighted by molar-refractivity contribution is 5.91. The van der Waals surface area contributed by atoms with Crippen LogP contribution in [0, 0.1) is 11.3 Å². The van der Waals surface area contributed by atoms with Crippen molar-refractivity contribution in [2.24, 2.45) is 0 Å². The second-order valence-electron chi connectivity index (χ2n) is 6.61. The number of carbonyl (C=O) groups excluding carboxylic acids is 1. The molecule has 1 spiro atoms. The molecule has 1 aliphatic heterocycles. The maximum Gasteiger partial charge on any atom is 0.273 e. The molecule has 134 valence electrons. The van der Waals surface area contributed by atoms with Gasteiger partial charge < -0.3 is 19.4 Å². The van der Waals surface area contributed by atoms with Crippen LogP contribution >= 0.6 is 0 Å². The van der Waals surface area contributed by atoms with Crippen molar-refractivity contribution in [3.8, 4) is 6.07 Å². The van der Waals surface area contributed by atoms with Gasteiger partial charge in [0.15, 0.2) is 17.8 Å². The summed E-state index contributed by atoms with van der Waals surface area (Å²) in [5.74, 6) is 0.423. The van der Waals surface area contributed by atoms with Crippen molar-refractivity contribution in [3.63, 3.8) is 0 Å². The van der Waals surface area contributed by atoms with Crippen molar-refractivity contribution in [2.45, 2.75) is 31.0 Å². The molecule has 2 aliphatic rings. The molecular formula is C17H18N6O3. The first-order valence-electron chi connectivity index (χ1n) is 8.49. The molecule has 1 aliphatic carbocycles. The number of hydrogen-bond acceptors (Lipinski definition) is 8. The van der Waals surface area contributed by atoms with E-state index in [1.165, 1.54) is 18.9 Å². The number of aromatic nitrogens is 3. The summed E-state index contributed by atoms with van der Waals surface area (Å²) >= 11 is 0. The van der Waals surface area contributed by atoms with E-state index in [2.05, 4.69) is 25.2 Å². The Labute approximate surface area is 150 Å². The van der Waals surface area contributed by atoms with Crippen molar-refractivity contribution in [3.05, 3.63) is 36.4 Å². The van der Waals surface area contributed by atoms with Crippen molar-refractivity contribution in [2.75, 3.05) is 24.5 Å². The Morgan fingerprint density at radius 1 is 1.38 bits per heavy atom. The number of rotatable bonds is 4. The van der Waals surface area contributed by atoms with Crippen LogP contribution in [0.5, 0.6) is 0 Å².